The summed E-state index contributed by atoms with van der Waals surface area (Å²) in [6.07, 6.45) is 5.44. The predicted molar refractivity (Wildman–Crippen MR) is 60.1 cm³/mol. The molecule has 84 valence electrons. The second-order valence-corrected chi connectivity index (χ2v) is 3.59. The minimum atomic E-state index is -0.387. The molecule has 2 aromatic rings. The zero-order chi connectivity index (χ0) is 11.5. The van der Waals surface area contributed by atoms with Gasteiger partial charge in [0.05, 0.1) is 11.9 Å². The van der Waals surface area contributed by atoms with Crippen LogP contribution in [-0.4, -0.2) is 14.8 Å². The Hall–Kier alpha value is -1.91. The molecule has 2 rings (SSSR count). The van der Waals surface area contributed by atoms with E-state index in [4.69, 9.17) is 5.73 Å². The molecule has 4 nitrogen and oxygen atoms in total. The molecule has 0 atom stereocenters. The van der Waals surface area contributed by atoms with Gasteiger partial charge in [-0.05, 0) is 12.5 Å². The van der Waals surface area contributed by atoms with Gasteiger partial charge in [-0.25, -0.2) is 4.39 Å². The lowest BCUT2D eigenvalue weighted by Gasteiger charge is -1.98. The Balaban J connectivity index is 2.40. The van der Waals surface area contributed by atoms with E-state index >= 15 is 0 Å². The highest BCUT2D eigenvalue weighted by Gasteiger charge is 2.09. The van der Waals surface area contributed by atoms with E-state index in [0.29, 0.717) is 16.9 Å². The van der Waals surface area contributed by atoms with E-state index in [2.05, 4.69) is 17.0 Å². The molecule has 2 N–H and O–H groups in total. The normalized spacial score (nSPS) is 10.6. The summed E-state index contributed by atoms with van der Waals surface area (Å²) in [5.41, 5.74) is 7.55. The third-order valence-corrected chi connectivity index (χ3v) is 2.22. The Kier molecular flexibility index (Phi) is 2.85. The van der Waals surface area contributed by atoms with Crippen LogP contribution < -0.4 is 5.73 Å². The predicted octanol–water partition coefficient (Wildman–Crippen LogP) is 2.08. The first-order chi connectivity index (χ1) is 7.70. The molecule has 2 aromatic heterocycles. The second kappa shape index (κ2) is 4.30. The van der Waals surface area contributed by atoms with Gasteiger partial charge in [0.25, 0.3) is 0 Å². The molecular formula is C11H13FN4. The van der Waals surface area contributed by atoms with Crippen molar-refractivity contribution >= 4 is 5.69 Å². The highest BCUT2D eigenvalue weighted by molar-refractivity contribution is 5.71. The van der Waals surface area contributed by atoms with Gasteiger partial charge in [-0.3, -0.25) is 9.67 Å². The largest absolute Gasteiger partial charge is 0.396 e. The Morgan fingerprint density at radius 3 is 2.94 bits per heavy atom. The summed E-state index contributed by atoms with van der Waals surface area (Å²) in [5, 5.41) is 4.30. The lowest BCUT2D eigenvalue weighted by atomic mass is 10.2. The Labute approximate surface area is 92.9 Å². The second-order valence-electron chi connectivity index (χ2n) is 3.59. The zero-order valence-corrected chi connectivity index (χ0v) is 9.02. The molecule has 0 aromatic carbocycles. The lowest BCUT2D eigenvalue weighted by Crippen LogP contribution is -1.96. The minimum absolute atomic E-state index is 0.387. The van der Waals surface area contributed by atoms with Gasteiger partial charge in [0.2, 0.25) is 0 Å². The van der Waals surface area contributed by atoms with Crippen LogP contribution in [0, 0.1) is 5.82 Å². The number of halogens is 1. The fourth-order valence-corrected chi connectivity index (χ4v) is 1.55. The molecule has 0 aliphatic heterocycles. The quantitative estimate of drug-likeness (QED) is 0.861. The van der Waals surface area contributed by atoms with E-state index in [1.165, 1.54) is 6.07 Å². The van der Waals surface area contributed by atoms with Gasteiger partial charge in [0, 0.05) is 24.5 Å². The number of anilines is 1. The first-order valence-electron chi connectivity index (χ1n) is 5.14. The summed E-state index contributed by atoms with van der Waals surface area (Å²) >= 11 is 0. The van der Waals surface area contributed by atoms with E-state index in [9.17, 15) is 4.39 Å². The van der Waals surface area contributed by atoms with E-state index in [1.807, 2.05) is 0 Å². The summed E-state index contributed by atoms with van der Waals surface area (Å²) in [5.74, 6) is -0.387. The molecule has 16 heavy (non-hydrogen) atoms. The van der Waals surface area contributed by atoms with Crippen LogP contribution in [0.2, 0.25) is 0 Å². The van der Waals surface area contributed by atoms with Crippen molar-refractivity contribution in [2.45, 2.75) is 19.9 Å². The van der Waals surface area contributed by atoms with Gasteiger partial charge < -0.3 is 5.73 Å². The molecule has 0 aliphatic carbocycles. The van der Waals surface area contributed by atoms with E-state index in [0.717, 1.165) is 19.2 Å². The fraction of sp³-hybridized carbons (Fsp3) is 0.273. The fourth-order valence-electron chi connectivity index (χ4n) is 1.55. The van der Waals surface area contributed by atoms with Crippen LogP contribution in [0.25, 0.3) is 11.3 Å². The summed E-state index contributed by atoms with van der Waals surface area (Å²) in [4.78, 5) is 3.78. The number of nitrogen functional groups attached to an aromatic ring is 1. The maximum Gasteiger partial charge on any atom is 0.142 e. The summed E-state index contributed by atoms with van der Waals surface area (Å²) < 4.78 is 14.8. The molecule has 0 aliphatic rings. The first-order valence-corrected chi connectivity index (χ1v) is 5.14. The smallest absolute Gasteiger partial charge is 0.142 e. The number of hydrogen-bond donors (Lipinski definition) is 1. The minimum Gasteiger partial charge on any atom is -0.396 e. The zero-order valence-electron chi connectivity index (χ0n) is 9.02. The van der Waals surface area contributed by atoms with Crippen LogP contribution in [0.5, 0.6) is 0 Å². The number of pyridine rings is 1. The Morgan fingerprint density at radius 2 is 2.25 bits per heavy atom. The van der Waals surface area contributed by atoms with Crippen LogP contribution in [0.1, 0.15) is 13.3 Å². The van der Waals surface area contributed by atoms with Gasteiger partial charge in [-0.2, -0.15) is 5.10 Å². The Bertz CT molecular complexity index is 492. The molecular weight excluding hydrogens is 207 g/mol. The number of aromatic nitrogens is 3. The van der Waals surface area contributed by atoms with Crippen LogP contribution in [-0.2, 0) is 6.54 Å². The van der Waals surface area contributed by atoms with Crippen molar-refractivity contribution in [1.29, 1.82) is 0 Å². The van der Waals surface area contributed by atoms with Crippen LogP contribution in [0.3, 0.4) is 0 Å². The average Bonchev–Trinajstić information content (AvgIpc) is 2.60. The van der Waals surface area contributed by atoms with Gasteiger partial charge in [0.15, 0.2) is 0 Å². The van der Waals surface area contributed by atoms with Gasteiger partial charge in [0.1, 0.15) is 11.5 Å². The maximum absolute atomic E-state index is 13.0. The van der Waals surface area contributed by atoms with E-state index in [1.54, 1.807) is 17.1 Å². The topological polar surface area (TPSA) is 56.7 Å². The van der Waals surface area contributed by atoms with Crippen molar-refractivity contribution < 1.29 is 4.39 Å². The highest BCUT2D eigenvalue weighted by atomic mass is 19.1. The van der Waals surface area contributed by atoms with E-state index in [-0.39, 0.29) is 5.82 Å². The first kappa shape index (κ1) is 10.6. The third-order valence-electron chi connectivity index (χ3n) is 2.22. The number of aryl methyl sites for hydroxylation is 1. The molecule has 0 unspecified atom stereocenters. The van der Waals surface area contributed by atoms with Crippen LogP contribution in [0.15, 0.2) is 24.7 Å². The monoisotopic (exact) mass is 220 g/mol. The van der Waals surface area contributed by atoms with Crippen molar-refractivity contribution in [2.24, 2.45) is 0 Å². The maximum atomic E-state index is 13.0. The molecule has 0 saturated carbocycles. The van der Waals surface area contributed by atoms with Crippen LogP contribution >= 0.6 is 0 Å². The number of nitrogens with zero attached hydrogens (tertiary/aromatic N) is 3. The third kappa shape index (κ3) is 2.03. The SMILES string of the molecule is CCCn1cc(N)c(-c2cncc(F)c2)n1. The lowest BCUT2D eigenvalue weighted by molar-refractivity contribution is 0.604. The van der Waals surface area contributed by atoms with Crippen molar-refractivity contribution in [3.8, 4) is 11.3 Å². The van der Waals surface area contributed by atoms with Crippen molar-refractivity contribution in [1.82, 2.24) is 14.8 Å². The summed E-state index contributed by atoms with van der Waals surface area (Å²) in [7, 11) is 0. The molecule has 0 saturated heterocycles. The van der Waals surface area contributed by atoms with E-state index < -0.39 is 0 Å². The van der Waals surface area contributed by atoms with Crippen molar-refractivity contribution in [3.05, 3.63) is 30.5 Å². The van der Waals surface area contributed by atoms with Gasteiger partial charge in [-0.1, -0.05) is 6.92 Å². The standard InChI is InChI=1S/C11H13FN4/c1-2-3-16-7-10(13)11(15-16)8-4-9(12)6-14-5-8/h4-7H,2-3,13H2,1H3. The van der Waals surface area contributed by atoms with Gasteiger partial charge >= 0.3 is 0 Å². The Morgan fingerprint density at radius 1 is 1.44 bits per heavy atom. The number of nitrogens with two attached hydrogens (primary N) is 1. The summed E-state index contributed by atoms with van der Waals surface area (Å²) in [6.45, 7) is 2.86. The molecule has 0 bridgehead atoms. The molecule has 0 radical (unpaired) electrons. The molecule has 0 amide bonds. The van der Waals surface area contributed by atoms with Crippen LogP contribution in [0.4, 0.5) is 10.1 Å². The van der Waals surface area contributed by atoms with Crippen molar-refractivity contribution in [2.75, 3.05) is 5.73 Å². The number of hydrogen-bond acceptors (Lipinski definition) is 3. The molecule has 0 spiro atoms. The average molecular weight is 220 g/mol. The molecule has 0 fully saturated rings. The molecule has 2 heterocycles. The van der Waals surface area contributed by atoms with Crippen molar-refractivity contribution in [3.63, 3.8) is 0 Å². The van der Waals surface area contributed by atoms with Gasteiger partial charge in [-0.15, -0.1) is 0 Å². The molecule has 5 heteroatoms. The summed E-state index contributed by atoms with van der Waals surface area (Å²) in [6, 6.07) is 1.38. The highest BCUT2D eigenvalue weighted by Crippen LogP contribution is 2.23. The number of rotatable bonds is 3.